The standard InChI is InChI=1S/C21H17NO3/c1-13-10-18(23)14(2)21-20(13)22-17-11-16(8-9-19(17)25-21)24-12-15-6-4-3-5-7-15/h3-11H,12H2,1-2H3. The summed E-state index contributed by atoms with van der Waals surface area (Å²) in [4.78, 5) is 16.6. The van der Waals surface area contributed by atoms with Crippen molar-refractivity contribution in [3.05, 3.63) is 81.5 Å². The molecule has 0 unspecified atom stereocenters. The van der Waals surface area contributed by atoms with E-state index in [4.69, 9.17) is 9.15 Å². The summed E-state index contributed by atoms with van der Waals surface area (Å²) in [6.07, 6.45) is 0. The maximum Gasteiger partial charge on any atom is 0.185 e. The molecular formula is C21H17NO3. The highest BCUT2D eigenvalue weighted by Crippen LogP contribution is 2.30. The van der Waals surface area contributed by atoms with Crippen LogP contribution in [-0.4, -0.2) is 4.98 Å². The van der Waals surface area contributed by atoms with Gasteiger partial charge < -0.3 is 9.15 Å². The molecule has 0 fully saturated rings. The van der Waals surface area contributed by atoms with E-state index in [0.29, 0.717) is 34.7 Å². The van der Waals surface area contributed by atoms with E-state index in [1.807, 2.05) is 55.5 Å². The van der Waals surface area contributed by atoms with Crippen molar-refractivity contribution in [2.75, 3.05) is 0 Å². The molecule has 1 aliphatic carbocycles. The summed E-state index contributed by atoms with van der Waals surface area (Å²) >= 11 is 0. The summed E-state index contributed by atoms with van der Waals surface area (Å²) in [6.45, 7) is 4.13. The number of aromatic nitrogens is 1. The normalized spacial score (nSPS) is 11.1. The van der Waals surface area contributed by atoms with Crippen LogP contribution in [0.25, 0.3) is 22.6 Å². The van der Waals surface area contributed by atoms with Crippen molar-refractivity contribution < 1.29 is 9.15 Å². The van der Waals surface area contributed by atoms with Crippen molar-refractivity contribution in [1.82, 2.24) is 4.98 Å². The molecule has 25 heavy (non-hydrogen) atoms. The largest absolute Gasteiger partial charge is 0.489 e. The summed E-state index contributed by atoms with van der Waals surface area (Å²) in [5.41, 5.74) is 4.52. The maximum atomic E-state index is 12.0. The third-order valence-corrected chi connectivity index (χ3v) is 4.27. The molecule has 0 spiro atoms. The summed E-state index contributed by atoms with van der Waals surface area (Å²) in [5, 5.41) is 0. The van der Waals surface area contributed by atoms with Gasteiger partial charge in [-0.2, -0.15) is 0 Å². The number of fused-ring (bicyclic) bond motifs is 2. The van der Waals surface area contributed by atoms with Crippen LogP contribution < -0.4 is 10.2 Å². The van der Waals surface area contributed by atoms with Gasteiger partial charge in [0.05, 0.1) is 0 Å². The Morgan fingerprint density at radius 1 is 1.04 bits per heavy atom. The highest BCUT2D eigenvalue weighted by molar-refractivity contribution is 5.79. The lowest BCUT2D eigenvalue weighted by atomic mass is 10.0. The Labute approximate surface area is 145 Å². The minimum Gasteiger partial charge on any atom is -0.489 e. The second-order valence-electron chi connectivity index (χ2n) is 6.11. The molecule has 2 aromatic carbocycles. The minimum atomic E-state index is -0.0299. The number of rotatable bonds is 3. The van der Waals surface area contributed by atoms with Crippen LogP contribution in [0.5, 0.6) is 5.75 Å². The average molecular weight is 331 g/mol. The first kappa shape index (κ1) is 15.4. The second-order valence-corrected chi connectivity index (χ2v) is 6.11. The fourth-order valence-electron chi connectivity index (χ4n) is 2.84. The topological polar surface area (TPSA) is 52.3 Å². The van der Waals surface area contributed by atoms with Crippen LogP contribution in [-0.2, 0) is 6.61 Å². The van der Waals surface area contributed by atoms with Gasteiger partial charge in [0, 0.05) is 11.6 Å². The molecule has 2 aromatic rings. The van der Waals surface area contributed by atoms with Crippen LogP contribution in [0.15, 0.2) is 63.8 Å². The molecule has 2 aliphatic rings. The molecule has 0 saturated carbocycles. The SMILES string of the molecule is Cc1cc(=O)c(C)c2oc3ccc(OCc4ccccc4)cc3nc1-2. The smallest absolute Gasteiger partial charge is 0.185 e. The van der Waals surface area contributed by atoms with Crippen molar-refractivity contribution in [2.24, 2.45) is 0 Å². The van der Waals surface area contributed by atoms with Gasteiger partial charge in [0.1, 0.15) is 23.6 Å². The lowest BCUT2D eigenvalue weighted by Crippen LogP contribution is -2.09. The summed E-state index contributed by atoms with van der Waals surface area (Å²) < 4.78 is 11.8. The molecule has 0 bridgehead atoms. The fourth-order valence-corrected chi connectivity index (χ4v) is 2.84. The molecule has 0 amide bonds. The quantitative estimate of drug-likeness (QED) is 0.519. The molecule has 0 radical (unpaired) electrons. The first-order valence-corrected chi connectivity index (χ1v) is 8.13. The van der Waals surface area contributed by atoms with Crippen LogP contribution in [0.1, 0.15) is 16.7 Å². The van der Waals surface area contributed by atoms with E-state index in [9.17, 15) is 4.79 Å². The average Bonchev–Trinajstić information content (AvgIpc) is 2.64. The van der Waals surface area contributed by atoms with Gasteiger partial charge in [0.2, 0.25) is 0 Å². The molecule has 0 aromatic heterocycles. The summed E-state index contributed by atoms with van der Waals surface area (Å²) in [7, 11) is 0. The van der Waals surface area contributed by atoms with Crippen LogP contribution in [0.2, 0.25) is 0 Å². The lowest BCUT2D eigenvalue weighted by Gasteiger charge is -2.12. The zero-order chi connectivity index (χ0) is 17.4. The highest BCUT2D eigenvalue weighted by Gasteiger charge is 2.17. The van der Waals surface area contributed by atoms with Gasteiger partial charge in [0.15, 0.2) is 16.8 Å². The van der Waals surface area contributed by atoms with Gasteiger partial charge in [-0.25, -0.2) is 4.98 Å². The number of hydrogen-bond donors (Lipinski definition) is 0. The van der Waals surface area contributed by atoms with Crippen molar-refractivity contribution in [2.45, 2.75) is 20.5 Å². The van der Waals surface area contributed by atoms with Crippen molar-refractivity contribution in [1.29, 1.82) is 0 Å². The molecule has 0 N–H and O–H groups in total. The monoisotopic (exact) mass is 331 g/mol. The van der Waals surface area contributed by atoms with Crippen molar-refractivity contribution in [3.8, 4) is 17.2 Å². The fraction of sp³-hybridized carbons (Fsp3) is 0.143. The van der Waals surface area contributed by atoms with E-state index in [0.717, 1.165) is 16.9 Å². The minimum absolute atomic E-state index is 0.0299. The molecule has 4 rings (SSSR count). The van der Waals surface area contributed by atoms with E-state index >= 15 is 0 Å². The van der Waals surface area contributed by atoms with Crippen LogP contribution in [0.4, 0.5) is 0 Å². The molecule has 4 heteroatoms. The van der Waals surface area contributed by atoms with Crippen molar-refractivity contribution >= 4 is 11.1 Å². The number of hydrogen-bond acceptors (Lipinski definition) is 4. The van der Waals surface area contributed by atoms with Gasteiger partial charge in [-0.1, -0.05) is 30.3 Å². The zero-order valence-corrected chi connectivity index (χ0v) is 14.1. The van der Waals surface area contributed by atoms with Gasteiger partial charge in [-0.3, -0.25) is 4.79 Å². The molecule has 124 valence electrons. The van der Waals surface area contributed by atoms with E-state index in [2.05, 4.69) is 4.98 Å². The van der Waals surface area contributed by atoms with Crippen LogP contribution in [0, 0.1) is 13.8 Å². The highest BCUT2D eigenvalue weighted by atomic mass is 16.5. The Kier molecular flexibility index (Phi) is 3.73. The second kappa shape index (κ2) is 6.06. The van der Waals surface area contributed by atoms with Gasteiger partial charge in [-0.15, -0.1) is 0 Å². The van der Waals surface area contributed by atoms with Crippen molar-refractivity contribution in [3.63, 3.8) is 0 Å². The first-order valence-electron chi connectivity index (χ1n) is 8.13. The Balaban J connectivity index is 1.74. The lowest BCUT2D eigenvalue weighted by molar-refractivity contribution is 0.306. The Bertz CT molecular complexity index is 1080. The van der Waals surface area contributed by atoms with E-state index < -0.39 is 0 Å². The number of ether oxygens (including phenoxy) is 1. The van der Waals surface area contributed by atoms with Crippen LogP contribution >= 0.6 is 0 Å². The predicted octanol–water partition coefficient (Wildman–Crippen LogP) is 4.49. The third kappa shape index (κ3) is 2.87. The van der Waals surface area contributed by atoms with E-state index in [-0.39, 0.29) is 5.43 Å². The van der Waals surface area contributed by atoms with Gasteiger partial charge in [-0.05, 0) is 43.2 Å². The maximum absolute atomic E-state index is 12.0. The molecule has 1 aliphatic heterocycles. The number of benzene rings is 3. The van der Waals surface area contributed by atoms with E-state index in [1.165, 1.54) is 0 Å². The summed E-state index contributed by atoms with van der Waals surface area (Å²) in [5.74, 6) is 1.28. The molecule has 4 nitrogen and oxygen atoms in total. The third-order valence-electron chi connectivity index (χ3n) is 4.27. The Morgan fingerprint density at radius 3 is 2.64 bits per heavy atom. The summed E-state index contributed by atoms with van der Waals surface area (Å²) in [6, 6.07) is 17.1. The Morgan fingerprint density at radius 2 is 1.84 bits per heavy atom. The van der Waals surface area contributed by atoms with Crippen LogP contribution in [0.3, 0.4) is 0 Å². The number of nitrogens with zero attached hydrogens (tertiary/aromatic N) is 1. The number of aryl methyl sites for hydroxylation is 1. The predicted molar refractivity (Wildman–Crippen MR) is 97.1 cm³/mol. The van der Waals surface area contributed by atoms with Gasteiger partial charge in [0.25, 0.3) is 0 Å². The first-order chi connectivity index (χ1) is 12.1. The molecule has 0 saturated heterocycles. The Hall–Kier alpha value is -3.14. The molecular weight excluding hydrogens is 314 g/mol. The van der Waals surface area contributed by atoms with Gasteiger partial charge >= 0.3 is 0 Å². The molecule has 1 heterocycles. The molecule has 0 atom stereocenters. The zero-order valence-electron chi connectivity index (χ0n) is 14.1. The van der Waals surface area contributed by atoms with E-state index in [1.54, 1.807) is 13.0 Å².